The molecule has 0 radical (unpaired) electrons. The zero-order valence-corrected chi connectivity index (χ0v) is 34.3. The fourth-order valence-corrected chi connectivity index (χ4v) is 5.07. The minimum absolute atomic E-state index is 0.194. The van der Waals surface area contributed by atoms with E-state index < -0.39 is 24.5 Å². The molecule has 9 heteroatoms. The molecule has 0 rings (SSSR count). The van der Waals surface area contributed by atoms with E-state index in [1.807, 2.05) is 12.2 Å². The number of hydrogen-bond donors (Lipinski definition) is 4. The SMILES string of the molecule is CC/C=C\C/C=C\C/C=C\C/C=C\C/C=C\C/C=C\C/C=C\CCCC(=O)OC(/C=C\C/C=C\CCC)CCCCCCC(=O)NCC(=O)NC(CO)C(=O)O. The Morgan fingerprint density at radius 1 is 0.571 bits per heavy atom. The van der Waals surface area contributed by atoms with Gasteiger partial charge in [-0.05, 0) is 96.0 Å². The number of aliphatic carboxylic acids is 1. The van der Waals surface area contributed by atoms with Crippen molar-refractivity contribution in [2.75, 3.05) is 13.2 Å². The molecular weight excluding hydrogens is 705 g/mol. The van der Waals surface area contributed by atoms with Crippen molar-refractivity contribution in [2.45, 2.75) is 148 Å². The molecule has 2 unspecified atom stereocenters. The lowest BCUT2D eigenvalue weighted by molar-refractivity contribution is -0.147. The Balaban J connectivity index is 4.29. The minimum Gasteiger partial charge on any atom is -0.480 e. The van der Waals surface area contributed by atoms with Crippen LogP contribution in [0, 0.1) is 0 Å². The van der Waals surface area contributed by atoms with Crippen molar-refractivity contribution in [3.05, 3.63) is 109 Å². The maximum Gasteiger partial charge on any atom is 0.328 e. The van der Waals surface area contributed by atoms with Gasteiger partial charge in [-0.25, -0.2) is 4.79 Å². The highest BCUT2D eigenvalue weighted by Gasteiger charge is 2.18. The number of aliphatic hydroxyl groups is 1. The predicted molar refractivity (Wildman–Crippen MR) is 231 cm³/mol. The second-order valence-corrected chi connectivity index (χ2v) is 13.3. The first-order valence-electron chi connectivity index (χ1n) is 20.8. The summed E-state index contributed by atoms with van der Waals surface area (Å²) < 4.78 is 5.82. The maximum absolute atomic E-state index is 12.6. The van der Waals surface area contributed by atoms with Gasteiger partial charge in [0.1, 0.15) is 12.1 Å². The van der Waals surface area contributed by atoms with Crippen molar-refractivity contribution in [3.8, 4) is 0 Å². The summed E-state index contributed by atoms with van der Waals surface area (Å²) in [6, 6.07) is -1.40. The predicted octanol–water partition coefficient (Wildman–Crippen LogP) is 10.0. The standard InChI is InChI=1S/C47H72N2O7/c1-3-5-7-9-11-12-13-14-15-16-17-18-19-20-21-22-23-24-25-26-27-29-35-39-46(53)56-42(36-32-28-10-8-6-4-2)37-33-30-31-34-38-44(51)48-40-45(52)49-43(41-50)47(54)55/h5,7-8,10-12,14-15,17-18,20-21,23-24,26-27,32,36,42-43,50H,3-4,6,9,13,16,19,22,25,28-31,33-35,37-41H2,1-2H3,(H,48,51)(H,49,52)(H,54,55)/b7-5-,10-8-,12-11-,15-14-,18-17-,21-20-,24-23-,27-26-,36-32-. The van der Waals surface area contributed by atoms with Gasteiger partial charge in [0.2, 0.25) is 11.8 Å². The number of rotatable bonds is 35. The van der Waals surface area contributed by atoms with Crippen molar-refractivity contribution in [3.63, 3.8) is 0 Å². The lowest BCUT2D eigenvalue weighted by Gasteiger charge is -2.14. The second kappa shape index (κ2) is 40.2. The van der Waals surface area contributed by atoms with E-state index in [1.165, 1.54) is 0 Å². The second-order valence-electron chi connectivity index (χ2n) is 13.3. The zero-order chi connectivity index (χ0) is 41.2. The Labute approximate surface area is 338 Å². The van der Waals surface area contributed by atoms with Crippen molar-refractivity contribution < 1.29 is 34.1 Å². The van der Waals surface area contributed by atoms with Crippen molar-refractivity contribution >= 4 is 23.8 Å². The number of unbranched alkanes of at least 4 members (excludes halogenated alkanes) is 5. The molecule has 0 aromatic heterocycles. The molecule has 4 N–H and O–H groups in total. The quantitative estimate of drug-likeness (QED) is 0.0285. The average molecular weight is 777 g/mol. The van der Waals surface area contributed by atoms with Gasteiger partial charge in [-0.3, -0.25) is 14.4 Å². The van der Waals surface area contributed by atoms with Crippen LogP contribution in [0.4, 0.5) is 0 Å². The Bertz CT molecular complexity index is 1300. The van der Waals surface area contributed by atoms with Crippen LogP contribution in [0.1, 0.15) is 136 Å². The Morgan fingerprint density at radius 3 is 1.59 bits per heavy atom. The first kappa shape index (κ1) is 51.5. The molecule has 312 valence electrons. The fraction of sp³-hybridized carbons (Fsp3) is 0.532. The van der Waals surface area contributed by atoms with Crippen LogP contribution in [-0.2, 0) is 23.9 Å². The highest BCUT2D eigenvalue weighted by atomic mass is 16.5. The Kier molecular flexibility index (Phi) is 36.9. The van der Waals surface area contributed by atoms with Gasteiger partial charge < -0.3 is 25.6 Å². The number of amides is 2. The number of ether oxygens (including phenoxy) is 1. The molecule has 56 heavy (non-hydrogen) atoms. The van der Waals surface area contributed by atoms with E-state index in [2.05, 4.69) is 122 Å². The Morgan fingerprint density at radius 2 is 1.07 bits per heavy atom. The van der Waals surface area contributed by atoms with E-state index in [0.29, 0.717) is 19.3 Å². The number of carboxylic acids is 1. The van der Waals surface area contributed by atoms with E-state index in [4.69, 9.17) is 14.9 Å². The first-order chi connectivity index (χ1) is 27.3. The molecular formula is C47H72N2O7. The van der Waals surface area contributed by atoms with Crippen LogP contribution >= 0.6 is 0 Å². The average Bonchev–Trinajstić information content (AvgIpc) is 3.18. The summed E-state index contributed by atoms with van der Waals surface area (Å²) in [4.78, 5) is 47.4. The molecule has 0 aliphatic carbocycles. The smallest absolute Gasteiger partial charge is 0.328 e. The summed E-state index contributed by atoms with van der Waals surface area (Å²) in [6.45, 7) is 3.21. The normalized spacial score (nSPS) is 13.6. The third-order valence-corrected chi connectivity index (χ3v) is 8.22. The van der Waals surface area contributed by atoms with Crippen LogP contribution < -0.4 is 10.6 Å². The van der Waals surface area contributed by atoms with Gasteiger partial charge in [0, 0.05) is 12.8 Å². The number of carboxylic acid groups (broad SMARTS) is 1. The minimum atomic E-state index is -1.40. The molecule has 0 bridgehead atoms. The topological polar surface area (TPSA) is 142 Å². The van der Waals surface area contributed by atoms with Gasteiger partial charge in [-0.1, -0.05) is 136 Å². The molecule has 0 aliphatic rings. The first-order valence-corrected chi connectivity index (χ1v) is 20.8. The Hall–Kier alpha value is -4.50. The van der Waals surface area contributed by atoms with Crippen LogP contribution in [0.5, 0.6) is 0 Å². The molecule has 0 fully saturated rings. The maximum atomic E-state index is 12.6. The third kappa shape index (κ3) is 36.5. The summed E-state index contributed by atoms with van der Waals surface area (Å²) >= 11 is 0. The summed E-state index contributed by atoms with van der Waals surface area (Å²) in [6.07, 6.45) is 54.4. The molecule has 0 saturated heterocycles. The highest BCUT2D eigenvalue weighted by Crippen LogP contribution is 2.13. The molecule has 0 heterocycles. The number of aliphatic hydroxyl groups excluding tert-OH is 1. The van der Waals surface area contributed by atoms with Crippen molar-refractivity contribution in [1.29, 1.82) is 0 Å². The summed E-state index contributed by atoms with van der Waals surface area (Å²) in [5.74, 6) is -2.52. The number of hydrogen-bond acceptors (Lipinski definition) is 6. The van der Waals surface area contributed by atoms with Crippen molar-refractivity contribution in [1.82, 2.24) is 10.6 Å². The van der Waals surface area contributed by atoms with Crippen LogP contribution in [0.2, 0.25) is 0 Å². The van der Waals surface area contributed by atoms with E-state index in [9.17, 15) is 19.2 Å². The highest BCUT2D eigenvalue weighted by molar-refractivity contribution is 5.87. The van der Waals surface area contributed by atoms with E-state index in [1.54, 1.807) is 0 Å². The van der Waals surface area contributed by atoms with Gasteiger partial charge in [-0.2, -0.15) is 0 Å². The van der Waals surface area contributed by atoms with Crippen molar-refractivity contribution in [2.24, 2.45) is 0 Å². The molecule has 0 spiro atoms. The zero-order valence-electron chi connectivity index (χ0n) is 34.3. The lowest BCUT2D eigenvalue weighted by atomic mass is 10.1. The fourth-order valence-electron chi connectivity index (χ4n) is 5.07. The van der Waals surface area contributed by atoms with Gasteiger partial charge in [0.15, 0.2) is 0 Å². The van der Waals surface area contributed by atoms with Crippen LogP contribution in [0.15, 0.2) is 109 Å². The van der Waals surface area contributed by atoms with E-state index >= 15 is 0 Å². The number of esters is 1. The molecule has 2 atom stereocenters. The van der Waals surface area contributed by atoms with Gasteiger partial charge in [0.05, 0.1) is 13.2 Å². The lowest BCUT2D eigenvalue weighted by Crippen LogP contribution is -2.47. The third-order valence-electron chi connectivity index (χ3n) is 8.22. The number of allylic oxidation sites excluding steroid dienone is 17. The van der Waals surface area contributed by atoms with E-state index in [0.717, 1.165) is 96.3 Å². The molecule has 0 aromatic rings. The van der Waals surface area contributed by atoms with E-state index in [-0.39, 0.29) is 30.9 Å². The summed E-state index contributed by atoms with van der Waals surface area (Å²) in [5, 5.41) is 22.5. The number of carbonyl (C=O) groups excluding carboxylic acids is 3. The molecule has 0 aromatic carbocycles. The van der Waals surface area contributed by atoms with Crippen LogP contribution in [0.3, 0.4) is 0 Å². The number of carbonyl (C=O) groups is 4. The van der Waals surface area contributed by atoms with Gasteiger partial charge in [-0.15, -0.1) is 0 Å². The van der Waals surface area contributed by atoms with Gasteiger partial charge in [0.25, 0.3) is 0 Å². The summed E-state index contributed by atoms with van der Waals surface area (Å²) in [5.41, 5.74) is 0. The largest absolute Gasteiger partial charge is 0.480 e. The number of nitrogens with one attached hydrogen (secondary N) is 2. The molecule has 0 aliphatic heterocycles. The molecule has 0 saturated carbocycles. The summed E-state index contributed by atoms with van der Waals surface area (Å²) in [7, 11) is 0. The molecule has 2 amide bonds. The van der Waals surface area contributed by atoms with Gasteiger partial charge >= 0.3 is 11.9 Å². The van der Waals surface area contributed by atoms with Crippen LogP contribution in [0.25, 0.3) is 0 Å². The monoisotopic (exact) mass is 777 g/mol. The molecule has 9 nitrogen and oxygen atoms in total. The van der Waals surface area contributed by atoms with Crippen LogP contribution in [-0.4, -0.2) is 59.3 Å².